The second-order valence-corrected chi connectivity index (χ2v) is 6.83. The zero-order valence-corrected chi connectivity index (χ0v) is 12.9. The van der Waals surface area contributed by atoms with Crippen LogP contribution in [-0.2, 0) is 0 Å². The van der Waals surface area contributed by atoms with Gasteiger partial charge in [0, 0.05) is 12.1 Å². The summed E-state index contributed by atoms with van der Waals surface area (Å²) in [6.45, 7) is 4.81. The zero-order valence-electron chi connectivity index (χ0n) is 12.9. The lowest BCUT2D eigenvalue weighted by atomic mass is 9.75. The third-order valence-corrected chi connectivity index (χ3v) is 5.64. The minimum absolute atomic E-state index is 0.736. The number of rotatable bonds is 4. The average Bonchev–Trinajstić information content (AvgIpc) is 2.74. The number of nitrogens with one attached hydrogen (secondary N) is 1. The van der Waals surface area contributed by atoms with Crippen molar-refractivity contribution in [1.29, 1.82) is 0 Å². The Bertz CT molecular complexity index is 435. The molecule has 2 aliphatic carbocycles. The summed E-state index contributed by atoms with van der Waals surface area (Å²) in [5, 5.41) is 3.89. The van der Waals surface area contributed by atoms with E-state index in [2.05, 4.69) is 43.4 Å². The second kappa shape index (κ2) is 5.77. The fraction of sp³-hybridized carbons (Fsp3) is 0.667. The molecule has 3 rings (SSSR count). The largest absolute Gasteiger partial charge is 0.497 e. The molecule has 0 heterocycles. The topological polar surface area (TPSA) is 21.3 Å². The molecule has 1 N–H and O–H groups in total. The van der Waals surface area contributed by atoms with Crippen LogP contribution < -0.4 is 10.1 Å². The van der Waals surface area contributed by atoms with Crippen molar-refractivity contribution in [2.75, 3.05) is 7.11 Å². The lowest BCUT2D eigenvalue weighted by Crippen LogP contribution is -2.46. The Morgan fingerprint density at radius 3 is 2.30 bits per heavy atom. The van der Waals surface area contributed by atoms with Gasteiger partial charge in [0.1, 0.15) is 5.75 Å². The molecule has 3 atom stereocenters. The van der Waals surface area contributed by atoms with Crippen molar-refractivity contribution in [3.8, 4) is 5.75 Å². The van der Waals surface area contributed by atoms with Crippen molar-refractivity contribution in [3.05, 3.63) is 29.8 Å². The van der Waals surface area contributed by atoms with E-state index in [9.17, 15) is 0 Å². The predicted molar refractivity (Wildman–Crippen MR) is 83.2 cm³/mol. The van der Waals surface area contributed by atoms with Crippen LogP contribution in [0.3, 0.4) is 0 Å². The van der Waals surface area contributed by atoms with E-state index in [1.54, 1.807) is 7.11 Å². The summed E-state index contributed by atoms with van der Waals surface area (Å²) in [6.07, 6.45) is 5.35. The zero-order chi connectivity index (χ0) is 14.1. The number of benzene rings is 1. The van der Waals surface area contributed by atoms with Gasteiger partial charge in [0.25, 0.3) is 0 Å². The Labute approximate surface area is 122 Å². The maximum atomic E-state index is 5.22. The fourth-order valence-electron chi connectivity index (χ4n) is 3.80. The van der Waals surface area contributed by atoms with Crippen LogP contribution in [0.5, 0.6) is 5.75 Å². The molecule has 2 nitrogen and oxygen atoms in total. The molecule has 0 bridgehead atoms. The fourth-order valence-corrected chi connectivity index (χ4v) is 3.80. The molecular weight excluding hydrogens is 246 g/mol. The Kier molecular flexibility index (Phi) is 4.02. The Hall–Kier alpha value is -1.02. The van der Waals surface area contributed by atoms with Crippen molar-refractivity contribution in [2.24, 2.45) is 11.8 Å². The molecular formula is C18H27NO. The van der Waals surface area contributed by atoms with Crippen LogP contribution in [0.25, 0.3) is 0 Å². The van der Waals surface area contributed by atoms with Gasteiger partial charge in [-0.2, -0.15) is 0 Å². The molecule has 0 saturated heterocycles. The first-order valence-corrected chi connectivity index (χ1v) is 8.07. The van der Waals surface area contributed by atoms with Crippen LogP contribution >= 0.6 is 0 Å². The van der Waals surface area contributed by atoms with E-state index in [0.29, 0.717) is 0 Å². The van der Waals surface area contributed by atoms with Crippen LogP contribution in [-0.4, -0.2) is 19.2 Å². The van der Waals surface area contributed by atoms with Gasteiger partial charge in [-0.3, -0.25) is 0 Å². The van der Waals surface area contributed by atoms with E-state index in [1.165, 1.54) is 31.2 Å². The van der Waals surface area contributed by atoms with Gasteiger partial charge in [0.05, 0.1) is 7.11 Å². The standard InChI is InChI=1S/C18H27NO/c1-12-4-9-18(13(12)2)19-16-10-15(11-16)14-5-7-17(20-3)8-6-14/h5-8,12-13,15-16,18-19H,4,9-11H2,1-3H3. The van der Waals surface area contributed by atoms with E-state index in [4.69, 9.17) is 4.74 Å². The van der Waals surface area contributed by atoms with E-state index < -0.39 is 0 Å². The molecule has 0 radical (unpaired) electrons. The highest BCUT2D eigenvalue weighted by molar-refractivity contribution is 5.31. The molecule has 110 valence electrons. The summed E-state index contributed by atoms with van der Waals surface area (Å²) < 4.78 is 5.22. The monoisotopic (exact) mass is 273 g/mol. The van der Waals surface area contributed by atoms with E-state index in [-0.39, 0.29) is 0 Å². The van der Waals surface area contributed by atoms with Gasteiger partial charge in [-0.15, -0.1) is 0 Å². The van der Waals surface area contributed by atoms with Crippen molar-refractivity contribution < 1.29 is 4.74 Å². The van der Waals surface area contributed by atoms with E-state index in [1.807, 2.05) is 0 Å². The lowest BCUT2D eigenvalue weighted by molar-refractivity contribution is 0.239. The summed E-state index contributed by atoms with van der Waals surface area (Å²) in [4.78, 5) is 0. The number of ether oxygens (including phenoxy) is 1. The summed E-state index contributed by atoms with van der Waals surface area (Å²) in [6, 6.07) is 10.1. The van der Waals surface area contributed by atoms with Gasteiger partial charge in [-0.1, -0.05) is 26.0 Å². The predicted octanol–water partition coefficient (Wildman–Crippen LogP) is 3.97. The van der Waals surface area contributed by atoms with Crippen LogP contribution in [0.1, 0.15) is 51.0 Å². The molecule has 2 fully saturated rings. The van der Waals surface area contributed by atoms with Gasteiger partial charge in [0.2, 0.25) is 0 Å². The first-order valence-electron chi connectivity index (χ1n) is 8.07. The molecule has 0 aliphatic heterocycles. The maximum absolute atomic E-state index is 5.22. The minimum Gasteiger partial charge on any atom is -0.497 e. The molecule has 3 unspecified atom stereocenters. The SMILES string of the molecule is COc1ccc(C2CC(NC3CCC(C)C3C)C2)cc1. The van der Waals surface area contributed by atoms with Crippen molar-refractivity contribution in [2.45, 2.75) is 57.5 Å². The Balaban J connectivity index is 1.48. The van der Waals surface area contributed by atoms with Crippen molar-refractivity contribution in [3.63, 3.8) is 0 Å². The van der Waals surface area contributed by atoms with E-state index >= 15 is 0 Å². The highest BCUT2D eigenvalue weighted by Gasteiger charge is 2.36. The van der Waals surface area contributed by atoms with Crippen LogP contribution in [0, 0.1) is 11.8 Å². The van der Waals surface area contributed by atoms with Gasteiger partial charge in [-0.05, 0) is 61.1 Å². The normalized spacial score (nSPS) is 36.6. The van der Waals surface area contributed by atoms with Gasteiger partial charge >= 0.3 is 0 Å². The average molecular weight is 273 g/mol. The highest BCUT2D eigenvalue weighted by atomic mass is 16.5. The second-order valence-electron chi connectivity index (χ2n) is 6.83. The molecule has 2 heteroatoms. The number of methoxy groups -OCH3 is 1. The molecule has 0 amide bonds. The van der Waals surface area contributed by atoms with Crippen molar-refractivity contribution >= 4 is 0 Å². The molecule has 20 heavy (non-hydrogen) atoms. The molecule has 2 saturated carbocycles. The molecule has 1 aromatic carbocycles. The summed E-state index contributed by atoms with van der Waals surface area (Å²) in [7, 11) is 1.72. The summed E-state index contributed by atoms with van der Waals surface area (Å²) in [5.74, 6) is 3.43. The number of hydrogen-bond acceptors (Lipinski definition) is 2. The first kappa shape index (κ1) is 13.9. The number of hydrogen-bond donors (Lipinski definition) is 1. The molecule has 1 aromatic rings. The minimum atomic E-state index is 0.736. The highest BCUT2D eigenvalue weighted by Crippen LogP contribution is 2.39. The van der Waals surface area contributed by atoms with Crippen molar-refractivity contribution in [1.82, 2.24) is 5.32 Å². The Morgan fingerprint density at radius 2 is 1.75 bits per heavy atom. The smallest absolute Gasteiger partial charge is 0.118 e. The molecule has 0 aromatic heterocycles. The van der Waals surface area contributed by atoms with Crippen LogP contribution in [0.15, 0.2) is 24.3 Å². The van der Waals surface area contributed by atoms with Crippen LogP contribution in [0.4, 0.5) is 0 Å². The van der Waals surface area contributed by atoms with Gasteiger partial charge in [0.15, 0.2) is 0 Å². The van der Waals surface area contributed by atoms with Gasteiger partial charge < -0.3 is 10.1 Å². The first-order chi connectivity index (χ1) is 9.67. The third kappa shape index (κ3) is 2.71. The Morgan fingerprint density at radius 1 is 1.05 bits per heavy atom. The lowest BCUT2D eigenvalue weighted by Gasteiger charge is -2.39. The quantitative estimate of drug-likeness (QED) is 0.896. The van der Waals surface area contributed by atoms with Crippen LogP contribution in [0.2, 0.25) is 0 Å². The van der Waals surface area contributed by atoms with Gasteiger partial charge in [-0.25, -0.2) is 0 Å². The summed E-state index contributed by atoms with van der Waals surface area (Å²) in [5.41, 5.74) is 1.47. The maximum Gasteiger partial charge on any atom is 0.118 e. The summed E-state index contributed by atoms with van der Waals surface area (Å²) >= 11 is 0. The van der Waals surface area contributed by atoms with E-state index in [0.717, 1.165) is 35.6 Å². The third-order valence-electron chi connectivity index (χ3n) is 5.64. The molecule has 0 spiro atoms. The molecule has 2 aliphatic rings.